The Kier molecular flexibility index (Phi) is 3.95. The summed E-state index contributed by atoms with van der Waals surface area (Å²) in [4.78, 5) is 0. The fourth-order valence-electron chi connectivity index (χ4n) is 1.79. The summed E-state index contributed by atoms with van der Waals surface area (Å²) in [6.45, 7) is 2.60. The van der Waals surface area contributed by atoms with Crippen LogP contribution in [0.4, 0.5) is 4.39 Å². The fourth-order valence-corrected chi connectivity index (χ4v) is 1.79. The van der Waals surface area contributed by atoms with Gasteiger partial charge in [-0.25, -0.2) is 4.39 Å². The molecule has 2 rings (SSSR count). The zero-order valence-electron chi connectivity index (χ0n) is 10.3. The van der Waals surface area contributed by atoms with Gasteiger partial charge in [-0.15, -0.1) is 0 Å². The van der Waals surface area contributed by atoms with Crippen molar-refractivity contribution in [1.82, 2.24) is 0 Å². The van der Waals surface area contributed by atoms with Crippen LogP contribution < -0.4 is 10.5 Å². The quantitative estimate of drug-likeness (QED) is 0.895. The summed E-state index contributed by atoms with van der Waals surface area (Å²) < 4.78 is 18.6. The summed E-state index contributed by atoms with van der Waals surface area (Å²) in [5.74, 6) is 1.13. The summed E-state index contributed by atoms with van der Waals surface area (Å²) in [5.41, 5.74) is 7.83. The molecule has 94 valence electrons. The molecule has 0 saturated heterocycles. The van der Waals surface area contributed by atoms with Gasteiger partial charge < -0.3 is 10.5 Å². The van der Waals surface area contributed by atoms with Gasteiger partial charge in [0.25, 0.3) is 0 Å². The molecule has 2 aromatic rings. The highest BCUT2D eigenvalue weighted by atomic mass is 19.1. The van der Waals surface area contributed by atoms with E-state index >= 15 is 0 Å². The Hall–Kier alpha value is -1.87. The molecule has 0 radical (unpaired) electrons. The maximum absolute atomic E-state index is 12.8. The molecule has 0 amide bonds. The van der Waals surface area contributed by atoms with Crippen LogP contribution in [-0.2, 0) is 6.42 Å². The summed E-state index contributed by atoms with van der Waals surface area (Å²) >= 11 is 0. The Balaban J connectivity index is 2.25. The van der Waals surface area contributed by atoms with Crippen LogP contribution in [0.1, 0.15) is 11.1 Å². The first-order chi connectivity index (χ1) is 8.69. The van der Waals surface area contributed by atoms with Crippen LogP contribution >= 0.6 is 0 Å². The maximum atomic E-state index is 12.8. The van der Waals surface area contributed by atoms with E-state index in [0.717, 1.165) is 17.7 Å². The standard InChI is InChI=1S/C15H16FNO/c1-11-2-7-15(12(10-11)8-9-17)18-14-5-3-13(16)4-6-14/h2-7,10H,8-9,17H2,1H3. The molecule has 0 heterocycles. The number of benzene rings is 2. The number of hydrogen-bond donors (Lipinski definition) is 1. The molecule has 18 heavy (non-hydrogen) atoms. The van der Waals surface area contributed by atoms with Gasteiger partial charge in [0.1, 0.15) is 17.3 Å². The van der Waals surface area contributed by atoms with Gasteiger partial charge in [-0.3, -0.25) is 0 Å². The van der Waals surface area contributed by atoms with Crippen molar-refractivity contribution in [3.8, 4) is 11.5 Å². The Morgan fingerprint density at radius 1 is 1.11 bits per heavy atom. The van der Waals surface area contributed by atoms with Crippen LogP contribution in [0, 0.1) is 12.7 Å². The van der Waals surface area contributed by atoms with Crippen molar-refractivity contribution >= 4 is 0 Å². The van der Waals surface area contributed by atoms with Crippen LogP contribution in [0.25, 0.3) is 0 Å². The molecular formula is C15H16FNO. The van der Waals surface area contributed by atoms with Crippen molar-refractivity contribution in [2.75, 3.05) is 6.54 Å². The van der Waals surface area contributed by atoms with E-state index in [9.17, 15) is 4.39 Å². The van der Waals surface area contributed by atoms with Crippen LogP contribution in [0.2, 0.25) is 0 Å². The maximum Gasteiger partial charge on any atom is 0.130 e. The lowest BCUT2D eigenvalue weighted by molar-refractivity contribution is 0.474. The number of nitrogens with two attached hydrogens (primary N) is 1. The average Bonchev–Trinajstić information content (AvgIpc) is 2.36. The second-order valence-corrected chi connectivity index (χ2v) is 4.21. The van der Waals surface area contributed by atoms with Gasteiger partial charge in [0.2, 0.25) is 0 Å². The molecular weight excluding hydrogens is 229 g/mol. The highest BCUT2D eigenvalue weighted by Gasteiger charge is 2.05. The van der Waals surface area contributed by atoms with Crippen molar-refractivity contribution in [3.05, 3.63) is 59.4 Å². The smallest absolute Gasteiger partial charge is 0.130 e. The fraction of sp³-hybridized carbons (Fsp3) is 0.200. The van der Waals surface area contributed by atoms with E-state index in [1.54, 1.807) is 12.1 Å². The molecule has 0 atom stereocenters. The van der Waals surface area contributed by atoms with E-state index in [2.05, 4.69) is 6.07 Å². The minimum Gasteiger partial charge on any atom is -0.457 e. The Morgan fingerprint density at radius 2 is 1.83 bits per heavy atom. The minimum absolute atomic E-state index is 0.270. The Morgan fingerprint density at radius 3 is 2.50 bits per heavy atom. The lowest BCUT2D eigenvalue weighted by Gasteiger charge is -2.11. The van der Waals surface area contributed by atoms with Crippen LogP contribution in [-0.4, -0.2) is 6.54 Å². The van der Waals surface area contributed by atoms with Crippen molar-refractivity contribution < 1.29 is 9.13 Å². The molecule has 0 spiro atoms. The van der Waals surface area contributed by atoms with Crippen LogP contribution in [0.15, 0.2) is 42.5 Å². The number of hydrogen-bond acceptors (Lipinski definition) is 2. The van der Waals surface area contributed by atoms with Gasteiger partial charge in [-0.1, -0.05) is 17.7 Å². The Bertz CT molecular complexity index is 523. The molecule has 0 aliphatic carbocycles. The number of rotatable bonds is 4. The first-order valence-electron chi connectivity index (χ1n) is 5.92. The molecule has 2 N–H and O–H groups in total. The zero-order valence-corrected chi connectivity index (χ0v) is 10.3. The molecule has 0 bridgehead atoms. The summed E-state index contributed by atoms with van der Waals surface area (Å²) in [6, 6.07) is 12.0. The molecule has 0 aliphatic rings. The van der Waals surface area contributed by atoms with Crippen molar-refractivity contribution in [3.63, 3.8) is 0 Å². The highest BCUT2D eigenvalue weighted by molar-refractivity contribution is 5.40. The van der Waals surface area contributed by atoms with Gasteiger partial charge >= 0.3 is 0 Å². The molecule has 3 heteroatoms. The minimum atomic E-state index is -0.270. The predicted octanol–water partition coefficient (Wildman–Crippen LogP) is 3.43. The van der Waals surface area contributed by atoms with E-state index < -0.39 is 0 Å². The lowest BCUT2D eigenvalue weighted by atomic mass is 10.1. The van der Waals surface area contributed by atoms with E-state index in [4.69, 9.17) is 10.5 Å². The van der Waals surface area contributed by atoms with Gasteiger partial charge in [-0.2, -0.15) is 0 Å². The van der Waals surface area contributed by atoms with Gasteiger partial charge in [0.15, 0.2) is 0 Å². The van der Waals surface area contributed by atoms with Gasteiger partial charge in [0.05, 0.1) is 0 Å². The van der Waals surface area contributed by atoms with E-state index in [0.29, 0.717) is 12.3 Å². The molecule has 2 nitrogen and oxygen atoms in total. The van der Waals surface area contributed by atoms with Crippen LogP contribution in [0.3, 0.4) is 0 Å². The monoisotopic (exact) mass is 245 g/mol. The zero-order chi connectivity index (χ0) is 13.0. The SMILES string of the molecule is Cc1ccc(Oc2ccc(F)cc2)c(CCN)c1. The van der Waals surface area contributed by atoms with Crippen LogP contribution in [0.5, 0.6) is 11.5 Å². The number of ether oxygens (including phenoxy) is 1. The second-order valence-electron chi connectivity index (χ2n) is 4.21. The molecule has 0 unspecified atom stereocenters. The predicted molar refractivity (Wildman–Crippen MR) is 70.4 cm³/mol. The van der Waals surface area contributed by atoms with Crippen molar-refractivity contribution in [1.29, 1.82) is 0 Å². The summed E-state index contributed by atoms with van der Waals surface area (Å²) in [5, 5.41) is 0. The number of aryl methyl sites for hydroxylation is 1. The average molecular weight is 245 g/mol. The Labute approximate surface area is 106 Å². The third-order valence-electron chi connectivity index (χ3n) is 2.67. The topological polar surface area (TPSA) is 35.2 Å². The van der Waals surface area contributed by atoms with Crippen molar-refractivity contribution in [2.45, 2.75) is 13.3 Å². The molecule has 0 saturated carbocycles. The molecule has 0 aliphatic heterocycles. The lowest BCUT2D eigenvalue weighted by Crippen LogP contribution is -2.04. The first kappa shape index (κ1) is 12.6. The molecule has 0 aromatic heterocycles. The van der Waals surface area contributed by atoms with Crippen molar-refractivity contribution in [2.24, 2.45) is 5.73 Å². The summed E-state index contributed by atoms with van der Waals surface area (Å²) in [6.07, 6.45) is 0.762. The van der Waals surface area contributed by atoms with E-state index in [-0.39, 0.29) is 5.82 Å². The number of halogens is 1. The van der Waals surface area contributed by atoms with E-state index in [1.165, 1.54) is 17.7 Å². The summed E-state index contributed by atoms with van der Waals surface area (Å²) in [7, 11) is 0. The molecule has 0 fully saturated rings. The largest absolute Gasteiger partial charge is 0.457 e. The third kappa shape index (κ3) is 3.08. The normalized spacial score (nSPS) is 10.4. The molecule has 2 aromatic carbocycles. The van der Waals surface area contributed by atoms with Gasteiger partial charge in [0, 0.05) is 0 Å². The highest BCUT2D eigenvalue weighted by Crippen LogP contribution is 2.26. The third-order valence-corrected chi connectivity index (χ3v) is 2.67. The first-order valence-corrected chi connectivity index (χ1v) is 5.92. The van der Waals surface area contributed by atoms with E-state index in [1.807, 2.05) is 19.1 Å². The second kappa shape index (κ2) is 5.65. The van der Waals surface area contributed by atoms with Gasteiger partial charge in [-0.05, 0) is 55.8 Å².